The van der Waals surface area contributed by atoms with Crippen LogP contribution in [-0.4, -0.2) is 21.9 Å². The lowest BCUT2D eigenvalue weighted by molar-refractivity contribution is -0.118. The molecule has 0 aliphatic rings. The molecule has 18 heavy (non-hydrogen) atoms. The van der Waals surface area contributed by atoms with Gasteiger partial charge in [0.2, 0.25) is 11.8 Å². The minimum atomic E-state index is -0.264. The summed E-state index contributed by atoms with van der Waals surface area (Å²) < 4.78 is 5.01. The molecule has 0 atom stereocenters. The van der Waals surface area contributed by atoms with Gasteiger partial charge < -0.3 is 9.84 Å². The first-order valence-electron chi connectivity index (χ1n) is 5.46. The summed E-state index contributed by atoms with van der Waals surface area (Å²) in [5.74, 6) is 0.626. The zero-order valence-electron chi connectivity index (χ0n) is 9.60. The van der Waals surface area contributed by atoms with Crippen LogP contribution in [0, 0.1) is 0 Å². The van der Waals surface area contributed by atoms with E-state index in [2.05, 4.69) is 15.5 Å². The Hall–Kier alpha value is -1.88. The summed E-state index contributed by atoms with van der Waals surface area (Å²) in [6, 6.07) is 9.84. The number of hydrogen-bond acceptors (Lipinski definition) is 4. The van der Waals surface area contributed by atoms with Gasteiger partial charge in [-0.05, 0) is 5.56 Å². The zero-order chi connectivity index (χ0) is 12.8. The van der Waals surface area contributed by atoms with E-state index in [4.69, 9.17) is 16.1 Å². The molecule has 0 saturated heterocycles. The van der Waals surface area contributed by atoms with Gasteiger partial charge in [-0.3, -0.25) is 4.79 Å². The van der Waals surface area contributed by atoms with Crippen molar-refractivity contribution >= 4 is 17.5 Å². The molecule has 0 spiro atoms. The van der Waals surface area contributed by atoms with Crippen LogP contribution in [0.5, 0.6) is 0 Å². The molecule has 1 heterocycles. The zero-order valence-corrected chi connectivity index (χ0v) is 10.4. The number of alkyl halides is 1. The van der Waals surface area contributed by atoms with E-state index in [1.54, 1.807) is 0 Å². The van der Waals surface area contributed by atoms with Crippen LogP contribution < -0.4 is 5.32 Å². The molecule has 0 saturated carbocycles. The van der Waals surface area contributed by atoms with Gasteiger partial charge >= 0.3 is 0 Å². The third-order valence-electron chi connectivity index (χ3n) is 2.27. The minimum Gasteiger partial charge on any atom is -0.346 e. The van der Waals surface area contributed by atoms with Crippen LogP contribution in [0.1, 0.15) is 17.3 Å². The number of hydrogen-bond donors (Lipinski definition) is 1. The second-order valence-corrected chi connectivity index (χ2v) is 3.94. The van der Waals surface area contributed by atoms with Gasteiger partial charge in [-0.2, -0.15) is 4.98 Å². The van der Waals surface area contributed by atoms with Gasteiger partial charge in [-0.25, -0.2) is 0 Å². The quantitative estimate of drug-likeness (QED) is 0.832. The molecule has 1 amide bonds. The van der Waals surface area contributed by atoms with Crippen LogP contribution in [0.3, 0.4) is 0 Å². The number of rotatable bonds is 5. The van der Waals surface area contributed by atoms with E-state index in [1.165, 1.54) is 0 Å². The molecule has 0 fully saturated rings. The SMILES string of the molecule is O=C(CCl)NCc1nc(Cc2ccccc2)no1. The van der Waals surface area contributed by atoms with Crippen molar-refractivity contribution in [1.29, 1.82) is 0 Å². The van der Waals surface area contributed by atoms with Crippen molar-refractivity contribution in [2.24, 2.45) is 0 Å². The summed E-state index contributed by atoms with van der Waals surface area (Å²) in [5, 5.41) is 6.40. The number of carbonyl (C=O) groups is 1. The Morgan fingerprint density at radius 3 is 2.83 bits per heavy atom. The molecule has 2 rings (SSSR count). The maximum atomic E-state index is 11.0. The van der Waals surface area contributed by atoms with E-state index >= 15 is 0 Å². The lowest BCUT2D eigenvalue weighted by atomic mass is 10.1. The van der Waals surface area contributed by atoms with E-state index < -0.39 is 0 Å². The molecule has 1 N–H and O–H groups in total. The van der Waals surface area contributed by atoms with Gasteiger partial charge in [0.25, 0.3) is 0 Å². The number of nitrogens with one attached hydrogen (secondary N) is 1. The fourth-order valence-corrected chi connectivity index (χ4v) is 1.53. The van der Waals surface area contributed by atoms with Crippen molar-refractivity contribution < 1.29 is 9.32 Å². The maximum absolute atomic E-state index is 11.0. The van der Waals surface area contributed by atoms with E-state index in [0.29, 0.717) is 18.1 Å². The second kappa shape index (κ2) is 6.16. The minimum absolute atomic E-state index is 0.0784. The molecule has 94 valence electrons. The molecular formula is C12H12ClN3O2. The average molecular weight is 266 g/mol. The van der Waals surface area contributed by atoms with Crippen LogP contribution >= 0.6 is 11.6 Å². The van der Waals surface area contributed by atoms with Gasteiger partial charge in [0.1, 0.15) is 5.88 Å². The molecule has 0 unspecified atom stereocenters. The average Bonchev–Trinajstić information content (AvgIpc) is 2.85. The standard InChI is InChI=1S/C12H12ClN3O2/c13-7-11(17)14-8-12-15-10(16-18-12)6-9-4-2-1-3-5-9/h1-5H,6-8H2,(H,14,17). The highest BCUT2D eigenvalue weighted by Gasteiger charge is 2.08. The third-order valence-corrected chi connectivity index (χ3v) is 2.52. The van der Waals surface area contributed by atoms with E-state index in [9.17, 15) is 4.79 Å². The van der Waals surface area contributed by atoms with Crippen LogP contribution in [0.15, 0.2) is 34.9 Å². The predicted molar refractivity (Wildman–Crippen MR) is 66.1 cm³/mol. The summed E-state index contributed by atoms with van der Waals surface area (Å²) in [7, 11) is 0. The van der Waals surface area contributed by atoms with Gasteiger partial charge in [0, 0.05) is 6.42 Å². The smallest absolute Gasteiger partial charge is 0.246 e. The van der Waals surface area contributed by atoms with Gasteiger partial charge in [0.15, 0.2) is 5.82 Å². The lowest BCUT2D eigenvalue weighted by Gasteiger charge is -1.96. The topological polar surface area (TPSA) is 68.0 Å². The first-order valence-corrected chi connectivity index (χ1v) is 5.99. The Bertz CT molecular complexity index is 513. The third kappa shape index (κ3) is 3.56. The van der Waals surface area contributed by atoms with Crippen molar-refractivity contribution in [2.45, 2.75) is 13.0 Å². The largest absolute Gasteiger partial charge is 0.346 e. The number of benzene rings is 1. The second-order valence-electron chi connectivity index (χ2n) is 3.68. The Morgan fingerprint density at radius 1 is 1.33 bits per heavy atom. The fourth-order valence-electron chi connectivity index (χ4n) is 1.43. The summed E-state index contributed by atoms with van der Waals surface area (Å²) >= 11 is 5.35. The lowest BCUT2D eigenvalue weighted by Crippen LogP contribution is -2.23. The molecule has 1 aromatic carbocycles. The van der Waals surface area contributed by atoms with E-state index in [-0.39, 0.29) is 18.3 Å². The molecule has 1 aromatic heterocycles. The van der Waals surface area contributed by atoms with Crippen molar-refractivity contribution in [1.82, 2.24) is 15.5 Å². The number of halogens is 1. The van der Waals surface area contributed by atoms with Crippen molar-refractivity contribution in [2.75, 3.05) is 5.88 Å². The normalized spacial score (nSPS) is 10.3. The monoisotopic (exact) mass is 265 g/mol. The number of nitrogens with zero attached hydrogens (tertiary/aromatic N) is 2. The molecule has 0 aliphatic carbocycles. The van der Waals surface area contributed by atoms with Crippen LogP contribution in [-0.2, 0) is 17.8 Å². The molecule has 2 aromatic rings. The predicted octanol–water partition coefficient (Wildman–Crippen LogP) is 1.52. The molecule has 0 bridgehead atoms. The fraction of sp³-hybridized carbons (Fsp3) is 0.250. The van der Waals surface area contributed by atoms with E-state index in [0.717, 1.165) is 5.56 Å². The van der Waals surface area contributed by atoms with Crippen molar-refractivity contribution in [3.63, 3.8) is 0 Å². The first kappa shape index (κ1) is 12.6. The number of aromatic nitrogens is 2. The molecule has 0 radical (unpaired) electrons. The maximum Gasteiger partial charge on any atom is 0.246 e. The molecule has 6 heteroatoms. The molecule has 0 aliphatic heterocycles. The number of amides is 1. The summed E-state index contributed by atoms with van der Waals surface area (Å²) in [4.78, 5) is 15.1. The summed E-state index contributed by atoms with van der Waals surface area (Å²) in [6.07, 6.45) is 0.605. The number of carbonyl (C=O) groups excluding carboxylic acids is 1. The Kier molecular flexibility index (Phi) is 4.30. The van der Waals surface area contributed by atoms with Crippen LogP contribution in [0.25, 0.3) is 0 Å². The first-order chi connectivity index (χ1) is 8.78. The Labute approximate surface area is 109 Å². The highest BCUT2D eigenvalue weighted by Crippen LogP contribution is 2.06. The molecular weight excluding hydrogens is 254 g/mol. The van der Waals surface area contributed by atoms with Crippen molar-refractivity contribution in [3.8, 4) is 0 Å². The van der Waals surface area contributed by atoms with Gasteiger partial charge in [-0.1, -0.05) is 35.5 Å². The molecule has 5 nitrogen and oxygen atoms in total. The van der Waals surface area contributed by atoms with Crippen molar-refractivity contribution in [3.05, 3.63) is 47.6 Å². The Morgan fingerprint density at radius 2 is 2.11 bits per heavy atom. The van der Waals surface area contributed by atoms with Gasteiger partial charge in [-0.15, -0.1) is 11.6 Å². The van der Waals surface area contributed by atoms with Crippen LogP contribution in [0.2, 0.25) is 0 Å². The van der Waals surface area contributed by atoms with Gasteiger partial charge in [0.05, 0.1) is 6.54 Å². The summed E-state index contributed by atoms with van der Waals surface area (Å²) in [5.41, 5.74) is 1.11. The summed E-state index contributed by atoms with van der Waals surface area (Å²) in [6.45, 7) is 0.202. The highest BCUT2D eigenvalue weighted by atomic mass is 35.5. The highest BCUT2D eigenvalue weighted by molar-refractivity contribution is 6.27. The Balaban J connectivity index is 1.92. The van der Waals surface area contributed by atoms with E-state index in [1.807, 2.05) is 30.3 Å². The van der Waals surface area contributed by atoms with Crippen LogP contribution in [0.4, 0.5) is 0 Å².